The molecule has 0 spiro atoms. The fraction of sp³-hybridized carbons (Fsp3) is 0.318. The number of nitrogens with one attached hydrogen (secondary N) is 1. The van der Waals surface area contributed by atoms with Crippen molar-refractivity contribution in [2.75, 3.05) is 18.0 Å². The fourth-order valence-electron chi connectivity index (χ4n) is 3.35. The molecule has 1 fully saturated rings. The van der Waals surface area contributed by atoms with Crippen molar-refractivity contribution in [3.63, 3.8) is 0 Å². The number of aromatic nitrogens is 4. The van der Waals surface area contributed by atoms with E-state index in [-0.39, 0.29) is 17.9 Å². The summed E-state index contributed by atoms with van der Waals surface area (Å²) in [6.07, 6.45) is 5.81. The molecule has 2 aromatic heterocycles. The molecule has 0 saturated carbocycles. The first-order chi connectivity index (χ1) is 14.1. The predicted molar refractivity (Wildman–Crippen MR) is 112 cm³/mol. The third-order valence-corrected chi connectivity index (χ3v) is 4.97. The van der Waals surface area contributed by atoms with E-state index in [1.165, 1.54) is 0 Å². The van der Waals surface area contributed by atoms with E-state index in [0.717, 1.165) is 30.0 Å². The van der Waals surface area contributed by atoms with Gasteiger partial charge in [-0.15, -0.1) is 0 Å². The van der Waals surface area contributed by atoms with Gasteiger partial charge in [0.2, 0.25) is 5.95 Å². The van der Waals surface area contributed by atoms with Crippen LogP contribution in [0, 0.1) is 0 Å². The average Bonchev–Trinajstić information content (AvgIpc) is 3.23. The number of hydrogen-bond acceptors (Lipinski definition) is 6. The maximum absolute atomic E-state index is 12.5. The molecule has 3 aromatic rings. The van der Waals surface area contributed by atoms with Crippen LogP contribution in [0.5, 0.6) is 0 Å². The summed E-state index contributed by atoms with van der Waals surface area (Å²) in [4.78, 5) is 32.3. The molecule has 0 aliphatic carbocycles. The van der Waals surface area contributed by atoms with Gasteiger partial charge in [0.1, 0.15) is 5.82 Å². The normalized spacial score (nSPS) is 16.2. The van der Waals surface area contributed by atoms with Crippen LogP contribution in [0.25, 0.3) is 11.3 Å². The summed E-state index contributed by atoms with van der Waals surface area (Å²) in [5.74, 6) is 1.52. The van der Waals surface area contributed by atoms with Crippen molar-refractivity contribution >= 4 is 11.9 Å². The number of anilines is 1. The molecule has 29 heavy (non-hydrogen) atoms. The molecular weight excluding hydrogens is 364 g/mol. The zero-order valence-corrected chi connectivity index (χ0v) is 16.6. The Morgan fingerprint density at radius 3 is 2.59 bits per heavy atom. The monoisotopic (exact) mass is 388 g/mol. The third-order valence-electron chi connectivity index (χ3n) is 4.97. The number of nitrogens with zero attached hydrogens (tertiary/aromatic N) is 5. The van der Waals surface area contributed by atoms with Gasteiger partial charge in [-0.05, 0) is 12.5 Å². The maximum Gasteiger partial charge on any atom is 0.254 e. The first kappa shape index (κ1) is 19.0. The number of benzene rings is 1. The Balaban J connectivity index is 1.40. The van der Waals surface area contributed by atoms with E-state index in [0.29, 0.717) is 18.1 Å². The number of rotatable bonds is 5. The SMILES string of the molecule is CC(C)c1ncc(C(=O)NC2CCN(c3nccc(-c4ccccc4)n3)C2)cn1. The molecule has 1 aliphatic rings. The smallest absolute Gasteiger partial charge is 0.254 e. The second-order valence-corrected chi connectivity index (χ2v) is 7.50. The van der Waals surface area contributed by atoms with E-state index in [9.17, 15) is 4.79 Å². The lowest BCUT2D eigenvalue weighted by atomic mass is 10.1. The van der Waals surface area contributed by atoms with Crippen LogP contribution in [0.15, 0.2) is 55.0 Å². The summed E-state index contributed by atoms with van der Waals surface area (Å²) in [5, 5.41) is 3.07. The molecule has 1 aromatic carbocycles. The highest BCUT2D eigenvalue weighted by molar-refractivity contribution is 5.93. The Morgan fingerprint density at radius 2 is 1.86 bits per heavy atom. The van der Waals surface area contributed by atoms with E-state index in [2.05, 4.69) is 25.2 Å². The Kier molecular flexibility index (Phi) is 5.46. The number of carbonyl (C=O) groups excluding carboxylic acids is 1. The van der Waals surface area contributed by atoms with Gasteiger partial charge in [0.05, 0.1) is 11.3 Å². The second kappa shape index (κ2) is 8.34. The van der Waals surface area contributed by atoms with Gasteiger partial charge in [-0.1, -0.05) is 44.2 Å². The van der Waals surface area contributed by atoms with E-state index >= 15 is 0 Å². The largest absolute Gasteiger partial charge is 0.347 e. The van der Waals surface area contributed by atoms with Crippen molar-refractivity contribution in [2.45, 2.75) is 32.2 Å². The highest BCUT2D eigenvalue weighted by Crippen LogP contribution is 2.21. The summed E-state index contributed by atoms with van der Waals surface area (Å²) in [5.41, 5.74) is 2.44. The molecule has 1 atom stereocenters. The van der Waals surface area contributed by atoms with Crippen LogP contribution < -0.4 is 10.2 Å². The summed E-state index contributed by atoms with van der Waals surface area (Å²) in [7, 11) is 0. The summed E-state index contributed by atoms with van der Waals surface area (Å²) in [6, 6.07) is 12.0. The number of hydrogen-bond donors (Lipinski definition) is 1. The van der Waals surface area contributed by atoms with E-state index in [1.807, 2.05) is 50.2 Å². The lowest BCUT2D eigenvalue weighted by Gasteiger charge is -2.17. The van der Waals surface area contributed by atoms with E-state index in [4.69, 9.17) is 4.98 Å². The van der Waals surface area contributed by atoms with Crippen molar-refractivity contribution in [1.29, 1.82) is 0 Å². The van der Waals surface area contributed by atoms with E-state index in [1.54, 1.807) is 18.6 Å². The minimum atomic E-state index is -0.147. The fourth-order valence-corrected chi connectivity index (χ4v) is 3.35. The Hall–Kier alpha value is -3.35. The van der Waals surface area contributed by atoms with Crippen LogP contribution >= 0.6 is 0 Å². The average molecular weight is 388 g/mol. The Labute approximate surface area is 170 Å². The van der Waals surface area contributed by atoms with Crippen molar-refractivity contribution in [2.24, 2.45) is 0 Å². The van der Waals surface area contributed by atoms with Gasteiger partial charge in [0, 0.05) is 49.2 Å². The molecule has 7 heteroatoms. The molecular formula is C22H24N6O. The van der Waals surface area contributed by atoms with Crippen LogP contribution in [0.4, 0.5) is 5.95 Å². The van der Waals surface area contributed by atoms with Gasteiger partial charge in [-0.25, -0.2) is 19.9 Å². The lowest BCUT2D eigenvalue weighted by molar-refractivity contribution is 0.0939. The van der Waals surface area contributed by atoms with E-state index < -0.39 is 0 Å². The third kappa shape index (κ3) is 4.39. The zero-order chi connectivity index (χ0) is 20.2. The molecule has 1 N–H and O–H groups in total. The van der Waals surface area contributed by atoms with Gasteiger partial charge < -0.3 is 10.2 Å². The minimum absolute atomic E-state index is 0.0382. The molecule has 4 rings (SSSR count). The number of carbonyl (C=O) groups is 1. The van der Waals surface area contributed by atoms with Gasteiger partial charge in [0.25, 0.3) is 5.91 Å². The highest BCUT2D eigenvalue weighted by Gasteiger charge is 2.26. The molecule has 3 heterocycles. The highest BCUT2D eigenvalue weighted by atomic mass is 16.1. The lowest BCUT2D eigenvalue weighted by Crippen LogP contribution is -2.37. The van der Waals surface area contributed by atoms with Gasteiger partial charge >= 0.3 is 0 Å². The summed E-state index contributed by atoms with van der Waals surface area (Å²) >= 11 is 0. The van der Waals surface area contributed by atoms with Crippen molar-refractivity contribution in [3.8, 4) is 11.3 Å². The van der Waals surface area contributed by atoms with Crippen LogP contribution in [0.2, 0.25) is 0 Å². The van der Waals surface area contributed by atoms with Crippen LogP contribution in [-0.4, -0.2) is 45.0 Å². The second-order valence-electron chi connectivity index (χ2n) is 7.50. The Morgan fingerprint density at radius 1 is 1.10 bits per heavy atom. The quantitative estimate of drug-likeness (QED) is 0.723. The first-order valence-electron chi connectivity index (χ1n) is 9.86. The molecule has 1 aliphatic heterocycles. The summed E-state index contributed by atoms with van der Waals surface area (Å²) in [6.45, 7) is 5.52. The topological polar surface area (TPSA) is 83.9 Å². The Bertz CT molecular complexity index is 974. The van der Waals surface area contributed by atoms with Gasteiger partial charge in [0.15, 0.2) is 0 Å². The molecule has 0 radical (unpaired) electrons. The van der Waals surface area contributed by atoms with Crippen LogP contribution in [0.3, 0.4) is 0 Å². The first-order valence-corrected chi connectivity index (χ1v) is 9.86. The van der Waals surface area contributed by atoms with Crippen molar-refractivity contribution in [1.82, 2.24) is 25.3 Å². The van der Waals surface area contributed by atoms with Gasteiger partial charge in [-0.2, -0.15) is 0 Å². The number of amides is 1. The van der Waals surface area contributed by atoms with Crippen LogP contribution in [0.1, 0.15) is 42.4 Å². The molecule has 1 unspecified atom stereocenters. The van der Waals surface area contributed by atoms with Gasteiger partial charge in [-0.3, -0.25) is 4.79 Å². The maximum atomic E-state index is 12.5. The molecule has 148 valence electrons. The van der Waals surface area contributed by atoms with Crippen molar-refractivity contribution < 1.29 is 4.79 Å². The zero-order valence-electron chi connectivity index (χ0n) is 16.6. The minimum Gasteiger partial charge on any atom is -0.347 e. The molecule has 1 amide bonds. The predicted octanol–water partition coefficient (Wildman–Crippen LogP) is 3.07. The molecule has 0 bridgehead atoms. The molecule has 7 nitrogen and oxygen atoms in total. The van der Waals surface area contributed by atoms with Crippen LogP contribution in [-0.2, 0) is 0 Å². The molecule has 1 saturated heterocycles. The van der Waals surface area contributed by atoms with Crippen molar-refractivity contribution in [3.05, 3.63) is 66.4 Å². The summed E-state index contributed by atoms with van der Waals surface area (Å²) < 4.78 is 0. The standard InChI is InChI=1S/C22H24N6O/c1-15(2)20-24-12-17(13-25-20)21(29)26-18-9-11-28(14-18)22-23-10-8-19(27-22)16-6-4-3-5-7-16/h3-8,10,12-13,15,18H,9,11,14H2,1-2H3,(H,26,29).